The fraction of sp³-hybridized carbons (Fsp3) is 0.462. The van der Waals surface area contributed by atoms with E-state index in [0.717, 1.165) is 18.0 Å². The first kappa shape index (κ1) is 10.1. The van der Waals surface area contributed by atoms with Crippen molar-refractivity contribution in [2.75, 3.05) is 11.4 Å². The van der Waals surface area contributed by atoms with Crippen molar-refractivity contribution in [3.8, 4) is 0 Å². The molecule has 1 fully saturated rings. The Morgan fingerprint density at radius 1 is 1.31 bits per heavy atom. The van der Waals surface area contributed by atoms with Gasteiger partial charge in [0.05, 0.1) is 10.2 Å². The van der Waals surface area contributed by atoms with Crippen molar-refractivity contribution < 1.29 is 0 Å². The van der Waals surface area contributed by atoms with Crippen molar-refractivity contribution in [2.24, 2.45) is 5.92 Å². The molecule has 1 aromatic heterocycles. The minimum atomic E-state index is 0.626. The van der Waals surface area contributed by atoms with Crippen LogP contribution in [0, 0.1) is 5.92 Å². The molecular weight excluding hydrogens is 216 g/mol. The molecule has 0 spiro atoms. The monoisotopic (exact) mass is 232 g/mol. The summed E-state index contributed by atoms with van der Waals surface area (Å²) in [5.74, 6) is 0.784. The van der Waals surface area contributed by atoms with Crippen LogP contribution in [0.3, 0.4) is 0 Å². The molecule has 3 rings (SSSR count). The molecule has 1 saturated heterocycles. The average Bonchev–Trinajstić information content (AvgIpc) is 2.84. The van der Waals surface area contributed by atoms with E-state index < -0.39 is 0 Å². The summed E-state index contributed by atoms with van der Waals surface area (Å²) in [5, 5.41) is 1.19. The van der Waals surface area contributed by atoms with Crippen LogP contribution in [-0.2, 0) is 0 Å². The Balaban J connectivity index is 2.00. The van der Waals surface area contributed by atoms with Crippen molar-refractivity contribution in [3.63, 3.8) is 0 Å². The zero-order valence-corrected chi connectivity index (χ0v) is 10.5. The van der Waals surface area contributed by atoms with Crippen LogP contribution in [0.2, 0.25) is 0 Å². The van der Waals surface area contributed by atoms with Crippen LogP contribution in [0.25, 0.3) is 10.2 Å². The van der Waals surface area contributed by atoms with Gasteiger partial charge in [-0.15, -0.1) is 0 Å². The van der Waals surface area contributed by atoms with Crippen LogP contribution in [0.15, 0.2) is 24.3 Å². The van der Waals surface area contributed by atoms with E-state index >= 15 is 0 Å². The van der Waals surface area contributed by atoms with Crippen LogP contribution in [0.5, 0.6) is 0 Å². The molecule has 84 valence electrons. The van der Waals surface area contributed by atoms with Crippen LogP contribution in [0.4, 0.5) is 5.13 Å². The zero-order valence-electron chi connectivity index (χ0n) is 9.68. The summed E-state index contributed by atoms with van der Waals surface area (Å²) < 4.78 is 1.30. The average molecular weight is 232 g/mol. The number of fused-ring (bicyclic) bond motifs is 1. The lowest BCUT2D eigenvalue weighted by Crippen LogP contribution is -2.28. The summed E-state index contributed by atoms with van der Waals surface area (Å²) in [5.41, 5.74) is 1.13. The highest BCUT2D eigenvalue weighted by molar-refractivity contribution is 7.22. The smallest absolute Gasteiger partial charge is 0.186 e. The van der Waals surface area contributed by atoms with Gasteiger partial charge in [0, 0.05) is 12.6 Å². The van der Waals surface area contributed by atoms with Gasteiger partial charge in [-0.3, -0.25) is 0 Å². The van der Waals surface area contributed by atoms with Gasteiger partial charge in [-0.05, 0) is 31.4 Å². The Morgan fingerprint density at radius 2 is 2.12 bits per heavy atom. The summed E-state index contributed by atoms with van der Waals surface area (Å²) in [6.45, 7) is 5.80. The molecule has 16 heavy (non-hydrogen) atoms. The first-order valence-electron chi connectivity index (χ1n) is 5.88. The second-order valence-corrected chi connectivity index (χ2v) is 5.67. The molecular formula is C13H16N2S. The number of anilines is 1. The van der Waals surface area contributed by atoms with E-state index in [2.05, 4.69) is 43.0 Å². The van der Waals surface area contributed by atoms with Crippen LogP contribution < -0.4 is 4.90 Å². The molecule has 1 aliphatic heterocycles. The molecule has 2 heterocycles. The second kappa shape index (κ2) is 3.74. The molecule has 0 saturated carbocycles. The lowest BCUT2D eigenvalue weighted by molar-refractivity contribution is 0.546. The standard InChI is InChI=1S/C13H16N2S/c1-9-7-8-15(10(9)2)13-14-11-5-3-4-6-12(11)16-13/h3-6,9-10H,7-8H2,1-2H3. The number of hydrogen-bond acceptors (Lipinski definition) is 3. The fourth-order valence-electron chi connectivity index (χ4n) is 2.35. The lowest BCUT2D eigenvalue weighted by atomic mass is 10.1. The number of para-hydroxylation sites is 1. The predicted molar refractivity (Wildman–Crippen MR) is 70.2 cm³/mol. The Hall–Kier alpha value is -1.09. The normalized spacial score (nSPS) is 25.5. The van der Waals surface area contributed by atoms with Gasteiger partial charge in [0.15, 0.2) is 5.13 Å². The highest BCUT2D eigenvalue weighted by Crippen LogP contribution is 2.34. The minimum Gasteiger partial charge on any atom is -0.345 e. The van der Waals surface area contributed by atoms with Crippen molar-refractivity contribution in [1.29, 1.82) is 0 Å². The van der Waals surface area contributed by atoms with Crippen LogP contribution >= 0.6 is 11.3 Å². The van der Waals surface area contributed by atoms with Crippen molar-refractivity contribution in [1.82, 2.24) is 4.98 Å². The van der Waals surface area contributed by atoms with E-state index in [1.807, 2.05) is 11.3 Å². The molecule has 2 nitrogen and oxygen atoms in total. The van der Waals surface area contributed by atoms with Gasteiger partial charge in [-0.25, -0.2) is 4.98 Å². The maximum atomic E-state index is 4.72. The zero-order chi connectivity index (χ0) is 11.1. The molecule has 3 heteroatoms. The summed E-state index contributed by atoms with van der Waals surface area (Å²) in [7, 11) is 0. The molecule has 0 radical (unpaired) electrons. The highest BCUT2D eigenvalue weighted by Gasteiger charge is 2.29. The maximum Gasteiger partial charge on any atom is 0.186 e. The number of nitrogens with zero attached hydrogens (tertiary/aromatic N) is 2. The SMILES string of the molecule is CC1CCN(c2nc3ccccc3s2)C1C. The van der Waals surface area contributed by atoms with Gasteiger partial charge >= 0.3 is 0 Å². The Bertz CT molecular complexity index is 472. The number of thiazole rings is 1. The van der Waals surface area contributed by atoms with Gasteiger partial charge in [0.1, 0.15) is 0 Å². The molecule has 1 aromatic carbocycles. The molecule has 1 aliphatic rings. The second-order valence-electron chi connectivity index (χ2n) is 4.66. The van der Waals surface area contributed by atoms with Crippen molar-refractivity contribution >= 4 is 26.7 Å². The quantitative estimate of drug-likeness (QED) is 0.747. The third-order valence-corrected chi connectivity index (χ3v) is 4.74. The van der Waals surface area contributed by atoms with Gasteiger partial charge in [-0.1, -0.05) is 30.4 Å². The largest absolute Gasteiger partial charge is 0.345 e. The lowest BCUT2D eigenvalue weighted by Gasteiger charge is -2.22. The molecule has 2 unspecified atom stereocenters. The third kappa shape index (κ3) is 1.50. The highest BCUT2D eigenvalue weighted by atomic mass is 32.1. The number of aromatic nitrogens is 1. The number of benzene rings is 1. The van der Waals surface area contributed by atoms with Crippen LogP contribution in [0.1, 0.15) is 20.3 Å². The molecule has 2 atom stereocenters. The van der Waals surface area contributed by atoms with E-state index in [9.17, 15) is 0 Å². The number of rotatable bonds is 1. The molecule has 0 N–H and O–H groups in total. The third-order valence-electron chi connectivity index (χ3n) is 3.67. The van der Waals surface area contributed by atoms with Gasteiger partial charge in [0.25, 0.3) is 0 Å². The minimum absolute atomic E-state index is 0.626. The van der Waals surface area contributed by atoms with E-state index in [0.29, 0.717) is 6.04 Å². The van der Waals surface area contributed by atoms with Crippen molar-refractivity contribution in [3.05, 3.63) is 24.3 Å². The fourth-order valence-corrected chi connectivity index (χ4v) is 3.43. The van der Waals surface area contributed by atoms with Crippen LogP contribution in [-0.4, -0.2) is 17.6 Å². The first-order valence-corrected chi connectivity index (χ1v) is 6.69. The molecule has 0 aliphatic carbocycles. The maximum absolute atomic E-state index is 4.72. The van der Waals surface area contributed by atoms with E-state index in [-0.39, 0.29) is 0 Å². The predicted octanol–water partition coefficient (Wildman–Crippen LogP) is 3.53. The van der Waals surface area contributed by atoms with E-state index in [1.54, 1.807) is 0 Å². The van der Waals surface area contributed by atoms with Gasteiger partial charge < -0.3 is 4.90 Å². The Kier molecular flexibility index (Phi) is 2.36. The van der Waals surface area contributed by atoms with Crippen molar-refractivity contribution in [2.45, 2.75) is 26.3 Å². The number of hydrogen-bond donors (Lipinski definition) is 0. The summed E-state index contributed by atoms with van der Waals surface area (Å²) in [6.07, 6.45) is 1.29. The molecule has 0 amide bonds. The van der Waals surface area contributed by atoms with E-state index in [1.165, 1.54) is 16.3 Å². The summed E-state index contributed by atoms with van der Waals surface area (Å²) >= 11 is 1.82. The Morgan fingerprint density at radius 3 is 2.81 bits per heavy atom. The first-order chi connectivity index (χ1) is 7.75. The van der Waals surface area contributed by atoms with Gasteiger partial charge in [0.2, 0.25) is 0 Å². The summed E-state index contributed by atoms with van der Waals surface area (Å²) in [4.78, 5) is 7.18. The molecule has 0 bridgehead atoms. The van der Waals surface area contributed by atoms with E-state index in [4.69, 9.17) is 4.98 Å². The summed E-state index contributed by atoms with van der Waals surface area (Å²) in [6, 6.07) is 9.02. The molecule has 2 aromatic rings. The Labute approximate surface area is 99.9 Å². The van der Waals surface area contributed by atoms with Gasteiger partial charge in [-0.2, -0.15) is 0 Å². The topological polar surface area (TPSA) is 16.1 Å².